The Morgan fingerprint density at radius 1 is 1.00 bits per heavy atom. The first-order valence-electron chi connectivity index (χ1n) is 12.6. The van der Waals surface area contributed by atoms with Crippen molar-refractivity contribution in [2.75, 3.05) is 34.5 Å². The molecular formula is C27H36N4O7. The van der Waals surface area contributed by atoms with Gasteiger partial charge in [0, 0.05) is 37.6 Å². The molecule has 2 fully saturated rings. The zero-order valence-electron chi connectivity index (χ0n) is 22.4. The van der Waals surface area contributed by atoms with Crippen LogP contribution in [0.5, 0.6) is 11.6 Å². The molecule has 0 spiro atoms. The van der Waals surface area contributed by atoms with E-state index in [0.29, 0.717) is 23.8 Å². The number of amides is 2. The zero-order valence-corrected chi connectivity index (χ0v) is 22.4. The fourth-order valence-corrected chi connectivity index (χ4v) is 5.18. The number of rotatable bonds is 9. The Bertz CT molecular complexity index is 1170. The highest BCUT2D eigenvalue weighted by Crippen LogP contribution is 2.31. The third-order valence-corrected chi connectivity index (χ3v) is 7.20. The van der Waals surface area contributed by atoms with Gasteiger partial charge >= 0.3 is 0 Å². The second-order valence-electron chi connectivity index (χ2n) is 9.18. The maximum absolute atomic E-state index is 12.0. The summed E-state index contributed by atoms with van der Waals surface area (Å²) in [6, 6.07) is 7.15. The molecule has 2 aliphatic rings. The van der Waals surface area contributed by atoms with Crippen molar-refractivity contribution in [2.24, 2.45) is 11.8 Å². The molecule has 0 aliphatic carbocycles. The standard InChI is InChI=1S/C19H21N3O4.C8H15NO3/c1-4-13-15(22-18(23)17(13)25-3)10-26-19-14-8-16(24-2)12(9-20)7-11(14)5-6-21-19;1-3-5-6(4-10)9-8(11)7(5)12-2/h5-8,13,15,17H,4,10H2,1-3H3,(H,22,23);5-7,10H,3-4H2,1-2H3,(H,9,11)/t13-,15+,17+;5-,6+,7+/m00/s1. The van der Waals surface area contributed by atoms with Crippen molar-refractivity contribution in [3.8, 4) is 17.7 Å². The Labute approximate surface area is 222 Å². The molecule has 1 aromatic carbocycles. The van der Waals surface area contributed by atoms with Crippen LogP contribution in [0, 0.1) is 23.2 Å². The van der Waals surface area contributed by atoms with Crippen LogP contribution in [0.3, 0.4) is 0 Å². The van der Waals surface area contributed by atoms with Crippen molar-refractivity contribution in [3.63, 3.8) is 0 Å². The number of ether oxygens (including phenoxy) is 4. The van der Waals surface area contributed by atoms with Crippen molar-refractivity contribution in [2.45, 2.75) is 51.0 Å². The van der Waals surface area contributed by atoms with Crippen LogP contribution in [-0.4, -0.2) is 80.7 Å². The smallest absolute Gasteiger partial charge is 0.249 e. The van der Waals surface area contributed by atoms with E-state index in [1.54, 1.807) is 25.4 Å². The molecule has 2 aliphatic heterocycles. The second-order valence-corrected chi connectivity index (χ2v) is 9.18. The van der Waals surface area contributed by atoms with E-state index in [2.05, 4.69) is 21.7 Å². The number of carbonyl (C=O) groups excluding carboxylic acids is 2. The number of nitrogens with zero attached hydrogens (tertiary/aromatic N) is 2. The molecule has 6 atom stereocenters. The second kappa shape index (κ2) is 13.4. The van der Waals surface area contributed by atoms with Crippen molar-refractivity contribution in [1.82, 2.24) is 15.6 Å². The number of aliphatic hydroxyl groups excluding tert-OH is 1. The zero-order chi connectivity index (χ0) is 27.8. The van der Waals surface area contributed by atoms with Gasteiger partial charge in [-0.05, 0) is 36.4 Å². The Hall–Kier alpha value is -3.46. The summed E-state index contributed by atoms with van der Waals surface area (Å²) in [6.07, 6.45) is 2.43. The van der Waals surface area contributed by atoms with Gasteiger partial charge in [-0.2, -0.15) is 5.26 Å². The molecule has 0 saturated carbocycles. The summed E-state index contributed by atoms with van der Waals surface area (Å²) in [6.45, 7) is 4.29. The number of aromatic nitrogens is 1. The van der Waals surface area contributed by atoms with Crippen molar-refractivity contribution in [1.29, 1.82) is 5.26 Å². The number of fused-ring (bicyclic) bond motifs is 1. The third-order valence-electron chi connectivity index (χ3n) is 7.20. The number of benzene rings is 1. The van der Waals surface area contributed by atoms with Crippen LogP contribution in [0.1, 0.15) is 32.3 Å². The largest absolute Gasteiger partial charge is 0.495 e. The molecular weight excluding hydrogens is 492 g/mol. The predicted molar refractivity (Wildman–Crippen MR) is 139 cm³/mol. The van der Waals surface area contributed by atoms with Crippen LogP contribution in [0.15, 0.2) is 24.4 Å². The number of aliphatic hydroxyl groups is 1. The minimum atomic E-state index is -0.452. The fraction of sp³-hybridized carbons (Fsp3) is 0.556. The first kappa shape index (κ1) is 29.1. The maximum Gasteiger partial charge on any atom is 0.249 e. The van der Waals surface area contributed by atoms with E-state index >= 15 is 0 Å². The summed E-state index contributed by atoms with van der Waals surface area (Å²) in [5, 5.41) is 25.4. The van der Waals surface area contributed by atoms with Gasteiger partial charge in [0.15, 0.2) is 0 Å². The van der Waals surface area contributed by atoms with Crippen LogP contribution >= 0.6 is 0 Å². The average Bonchev–Trinajstić information content (AvgIpc) is 3.44. The fourth-order valence-electron chi connectivity index (χ4n) is 5.18. The summed E-state index contributed by atoms with van der Waals surface area (Å²) >= 11 is 0. The molecule has 4 rings (SSSR count). The van der Waals surface area contributed by atoms with Gasteiger partial charge in [0.25, 0.3) is 0 Å². The molecule has 1 aromatic heterocycles. The number of pyridine rings is 1. The first-order chi connectivity index (χ1) is 18.4. The number of hydrogen-bond acceptors (Lipinski definition) is 9. The van der Waals surface area contributed by atoms with E-state index < -0.39 is 6.10 Å². The molecule has 2 amide bonds. The minimum Gasteiger partial charge on any atom is -0.495 e. The van der Waals surface area contributed by atoms with Crippen LogP contribution in [0.4, 0.5) is 0 Å². The molecule has 0 unspecified atom stereocenters. The molecule has 3 heterocycles. The summed E-state index contributed by atoms with van der Waals surface area (Å²) in [7, 11) is 4.58. The summed E-state index contributed by atoms with van der Waals surface area (Å²) < 4.78 is 21.5. The third kappa shape index (κ3) is 5.99. The van der Waals surface area contributed by atoms with Crippen LogP contribution in [-0.2, 0) is 19.1 Å². The van der Waals surface area contributed by atoms with Crippen LogP contribution < -0.4 is 20.1 Å². The SMILES string of the molecule is CC[C@H]1[C@@H](CO)NC(=O)[C@@H]1OC.CC[C@H]1[C@@H](COc2nccc3cc(C#N)c(OC)cc23)NC(=O)[C@@H]1OC. The molecule has 3 N–H and O–H groups in total. The molecule has 0 bridgehead atoms. The van der Waals surface area contributed by atoms with Gasteiger partial charge in [0.05, 0.1) is 31.4 Å². The van der Waals surface area contributed by atoms with Gasteiger partial charge in [0.2, 0.25) is 17.7 Å². The molecule has 2 saturated heterocycles. The highest BCUT2D eigenvalue weighted by Gasteiger charge is 2.42. The maximum atomic E-state index is 12.0. The lowest BCUT2D eigenvalue weighted by Gasteiger charge is -2.20. The van der Waals surface area contributed by atoms with Crippen molar-refractivity contribution < 1.29 is 33.6 Å². The number of hydrogen-bond donors (Lipinski definition) is 3. The topological polar surface area (TPSA) is 152 Å². The average molecular weight is 529 g/mol. The van der Waals surface area contributed by atoms with E-state index in [4.69, 9.17) is 24.1 Å². The van der Waals surface area contributed by atoms with Gasteiger partial charge in [0.1, 0.15) is 30.6 Å². The lowest BCUT2D eigenvalue weighted by Crippen LogP contribution is -2.35. The van der Waals surface area contributed by atoms with Crippen LogP contribution in [0.2, 0.25) is 0 Å². The normalized spacial score (nSPS) is 26.2. The summed E-state index contributed by atoms with van der Waals surface area (Å²) in [5.41, 5.74) is 0.453. The number of methoxy groups -OCH3 is 3. The highest BCUT2D eigenvalue weighted by molar-refractivity contribution is 5.89. The van der Waals surface area contributed by atoms with E-state index in [9.17, 15) is 14.9 Å². The van der Waals surface area contributed by atoms with Gasteiger partial charge in [-0.3, -0.25) is 9.59 Å². The van der Waals surface area contributed by atoms with E-state index in [1.807, 2.05) is 19.9 Å². The lowest BCUT2D eigenvalue weighted by molar-refractivity contribution is -0.129. The Balaban J connectivity index is 0.000000279. The van der Waals surface area contributed by atoms with E-state index in [-0.39, 0.29) is 48.4 Å². The van der Waals surface area contributed by atoms with Crippen molar-refractivity contribution >= 4 is 22.6 Å². The number of carbonyl (C=O) groups is 2. The highest BCUT2D eigenvalue weighted by atomic mass is 16.5. The quantitative estimate of drug-likeness (QED) is 0.440. The lowest BCUT2D eigenvalue weighted by atomic mass is 9.96. The minimum absolute atomic E-state index is 0.00981. The van der Waals surface area contributed by atoms with E-state index in [0.717, 1.165) is 23.6 Å². The Morgan fingerprint density at radius 2 is 1.61 bits per heavy atom. The molecule has 11 nitrogen and oxygen atoms in total. The monoisotopic (exact) mass is 528 g/mol. The predicted octanol–water partition coefficient (Wildman–Crippen LogP) is 1.55. The van der Waals surface area contributed by atoms with Gasteiger partial charge in [-0.15, -0.1) is 0 Å². The van der Waals surface area contributed by atoms with Gasteiger partial charge < -0.3 is 34.7 Å². The molecule has 2 aromatic rings. The number of nitrogens with one attached hydrogen (secondary N) is 2. The van der Waals surface area contributed by atoms with Gasteiger partial charge in [-0.25, -0.2) is 4.98 Å². The molecule has 38 heavy (non-hydrogen) atoms. The van der Waals surface area contributed by atoms with E-state index in [1.165, 1.54) is 14.2 Å². The molecule has 206 valence electrons. The van der Waals surface area contributed by atoms with Crippen LogP contribution in [0.25, 0.3) is 10.8 Å². The number of nitriles is 1. The van der Waals surface area contributed by atoms with Crippen molar-refractivity contribution in [3.05, 3.63) is 30.0 Å². The van der Waals surface area contributed by atoms with Gasteiger partial charge in [-0.1, -0.05) is 13.8 Å². The summed E-state index contributed by atoms with van der Waals surface area (Å²) in [4.78, 5) is 27.5. The Kier molecular flexibility index (Phi) is 10.2. The summed E-state index contributed by atoms with van der Waals surface area (Å²) in [5.74, 6) is 0.838. The Morgan fingerprint density at radius 3 is 2.13 bits per heavy atom. The molecule has 11 heteroatoms. The first-order valence-corrected chi connectivity index (χ1v) is 12.6. The molecule has 0 radical (unpaired) electrons.